The summed E-state index contributed by atoms with van der Waals surface area (Å²) in [5, 5.41) is 6.88. The van der Waals surface area contributed by atoms with Crippen molar-refractivity contribution in [1.82, 2.24) is 0 Å². The first-order valence-corrected chi connectivity index (χ1v) is 10.4. The van der Waals surface area contributed by atoms with Gasteiger partial charge in [0.05, 0.1) is 12.0 Å². The van der Waals surface area contributed by atoms with Crippen LogP contribution in [0.5, 0.6) is 0 Å². The molecule has 6 heteroatoms. The van der Waals surface area contributed by atoms with E-state index in [1.165, 1.54) is 0 Å². The molecule has 2 aromatic rings. The van der Waals surface area contributed by atoms with Gasteiger partial charge in [-0.25, -0.2) is 0 Å². The van der Waals surface area contributed by atoms with Gasteiger partial charge in [0, 0.05) is 21.8 Å². The Kier molecular flexibility index (Phi) is 5.25. The summed E-state index contributed by atoms with van der Waals surface area (Å²) in [5.74, 6) is 0.186. The molecule has 28 heavy (non-hydrogen) atoms. The topological polar surface area (TPSA) is 50.4 Å². The molecule has 2 N–H and O–H groups in total. The van der Waals surface area contributed by atoms with E-state index in [2.05, 4.69) is 33.1 Å². The van der Waals surface area contributed by atoms with Crippen molar-refractivity contribution in [2.24, 2.45) is 11.3 Å². The third kappa shape index (κ3) is 3.84. The van der Waals surface area contributed by atoms with Crippen LogP contribution in [0.4, 0.5) is 11.4 Å². The SMILES string of the molecule is C=C1CC2COC(=O)C2(Cc2ccc(NC(=S)Nc3ccc(Br)cc3)cc2)C1. The molecule has 2 atom stereocenters. The minimum atomic E-state index is -0.426. The van der Waals surface area contributed by atoms with Crippen molar-refractivity contribution in [3.8, 4) is 0 Å². The second kappa shape index (κ2) is 7.68. The Labute approximate surface area is 178 Å². The summed E-state index contributed by atoms with van der Waals surface area (Å²) in [7, 11) is 0. The lowest BCUT2D eigenvalue weighted by Crippen LogP contribution is -2.31. The number of hydrogen-bond donors (Lipinski definition) is 2. The molecule has 1 aliphatic carbocycles. The number of cyclic esters (lactones) is 1. The van der Waals surface area contributed by atoms with Gasteiger partial charge in [0.25, 0.3) is 0 Å². The minimum Gasteiger partial charge on any atom is -0.465 e. The molecular formula is C22H21BrN2O2S. The molecule has 2 unspecified atom stereocenters. The fourth-order valence-electron chi connectivity index (χ4n) is 4.16. The number of carbonyl (C=O) groups excluding carboxylic acids is 1. The molecule has 0 aromatic heterocycles. The Morgan fingerprint density at radius 1 is 1.14 bits per heavy atom. The number of anilines is 2. The van der Waals surface area contributed by atoms with E-state index in [9.17, 15) is 4.79 Å². The number of halogens is 1. The summed E-state index contributed by atoms with van der Waals surface area (Å²) in [6.45, 7) is 4.62. The monoisotopic (exact) mass is 456 g/mol. The highest BCUT2D eigenvalue weighted by molar-refractivity contribution is 9.10. The molecule has 2 fully saturated rings. The Bertz CT molecular complexity index is 927. The van der Waals surface area contributed by atoms with Crippen molar-refractivity contribution in [3.05, 3.63) is 70.7 Å². The van der Waals surface area contributed by atoms with E-state index in [-0.39, 0.29) is 11.9 Å². The number of benzene rings is 2. The maximum atomic E-state index is 12.4. The number of hydrogen-bond acceptors (Lipinski definition) is 3. The van der Waals surface area contributed by atoms with Crippen molar-refractivity contribution < 1.29 is 9.53 Å². The van der Waals surface area contributed by atoms with Crippen LogP contribution in [0.2, 0.25) is 0 Å². The standard InChI is InChI=1S/C22H21BrN2O2S/c1-14-10-16-13-27-20(26)22(16,11-14)12-15-2-6-18(7-3-15)24-21(28)25-19-8-4-17(23)5-9-19/h2-9,16H,1,10-13H2,(H2,24,25,28). The van der Waals surface area contributed by atoms with Crippen LogP contribution in [0, 0.1) is 11.3 Å². The van der Waals surface area contributed by atoms with E-state index < -0.39 is 5.41 Å². The molecule has 4 rings (SSSR count). The van der Waals surface area contributed by atoms with Crippen LogP contribution >= 0.6 is 28.1 Å². The highest BCUT2D eigenvalue weighted by Crippen LogP contribution is 2.52. The fraction of sp³-hybridized carbons (Fsp3) is 0.273. The molecule has 1 heterocycles. The first-order chi connectivity index (χ1) is 13.4. The van der Waals surface area contributed by atoms with Crippen LogP contribution in [0.3, 0.4) is 0 Å². The van der Waals surface area contributed by atoms with Gasteiger partial charge in [-0.05, 0) is 73.4 Å². The average Bonchev–Trinajstić information content (AvgIpc) is 3.13. The largest absolute Gasteiger partial charge is 0.465 e. The molecule has 4 nitrogen and oxygen atoms in total. The van der Waals surface area contributed by atoms with Gasteiger partial charge in [-0.3, -0.25) is 4.79 Å². The van der Waals surface area contributed by atoms with E-state index in [4.69, 9.17) is 17.0 Å². The maximum absolute atomic E-state index is 12.4. The smallest absolute Gasteiger partial charge is 0.313 e. The first kappa shape index (κ1) is 19.2. The maximum Gasteiger partial charge on any atom is 0.313 e. The lowest BCUT2D eigenvalue weighted by molar-refractivity contribution is -0.146. The summed E-state index contributed by atoms with van der Waals surface area (Å²) >= 11 is 8.80. The first-order valence-electron chi connectivity index (χ1n) is 9.21. The third-order valence-corrected chi connectivity index (χ3v) is 6.27. The van der Waals surface area contributed by atoms with Crippen LogP contribution < -0.4 is 10.6 Å². The van der Waals surface area contributed by atoms with Crippen molar-refractivity contribution >= 4 is 50.6 Å². The van der Waals surface area contributed by atoms with Crippen molar-refractivity contribution in [3.63, 3.8) is 0 Å². The van der Waals surface area contributed by atoms with Crippen LogP contribution in [0.25, 0.3) is 0 Å². The number of thiocarbonyl (C=S) groups is 1. The molecule has 2 aromatic carbocycles. The fourth-order valence-corrected chi connectivity index (χ4v) is 4.66. The lowest BCUT2D eigenvalue weighted by Gasteiger charge is -2.24. The van der Waals surface area contributed by atoms with E-state index in [0.717, 1.165) is 39.8 Å². The number of rotatable bonds is 4. The molecule has 0 radical (unpaired) electrons. The van der Waals surface area contributed by atoms with E-state index >= 15 is 0 Å². The van der Waals surface area contributed by atoms with Crippen LogP contribution in [0.1, 0.15) is 18.4 Å². The van der Waals surface area contributed by atoms with Gasteiger partial charge in [-0.1, -0.05) is 40.2 Å². The van der Waals surface area contributed by atoms with E-state index in [0.29, 0.717) is 18.1 Å². The summed E-state index contributed by atoms with van der Waals surface area (Å²) in [4.78, 5) is 12.4. The third-order valence-electron chi connectivity index (χ3n) is 5.54. The normalized spacial score (nSPS) is 23.2. The number of ether oxygens (including phenoxy) is 1. The average molecular weight is 457 g/mol. The van der Waals surface area contributed by atoms with Crippen LogP contribution in [0.15, 0.2) is 65.2 Å². The Balaban J connectivity index is 1.40. The Morgan fingerprint density at radius 3 is 2.39 bits per heavy atom. The van der Waals surface area contributed by atoms with Crippen LogP contribution in [-0.4, -0.2) is 17.7 Å². The second-order valence-corrected chi connectivity index (χ2v) is 8.87. The minimum absolute atomic E-state index is 0.0711. The molecule has 0 spiro atoms. The zero-order valence-electron chi connectivity index (χ0n) is 15.3. The lowest BCUT2D eigenvalue weighted by atomic mass is 9.75. The molecule has 144 valence electrons. The molecule has 0 amide bonds. The molecule has 0 bridgehead atoms. The summed E-state index contributed by atoms with van der Waals surface area (Å²) < 4.78 is 6.38. The van der Waals surface area contributed by atoms with Crippen molar-refractivity contribution in [2.75, 3.05) is 17.2 Å². The zero-order valence-corrected chi connectivity index (χ0v) is 17.7. The number of nitrogens with one attached hydrogen (secondary N) is 2. The molecular weight excluding hydrogens is 436 g/mol. The number of fused-ring (bicyclic) bond motifs is 1. The van der Waals surface area contributed by atoms with Crippen molar-refractivity contribution in [2.45, 2.75) is 19.3 Å². The van der Waals surface area contributed by atoms with Gasteiger partial charge in [-0.2, -0.15) is 0 Å². The number of esters is 1. The molecule has 1 saturated heterocycles. The van der Waals surface area contributed by atoms with E-state index in [1.807, 2.05) is 48.5 Å². The predicted molar refractivity (Wildman–Crippen MR) is 119 cm³/mol. The predicted octanol–water partition coefficient (Wildman–Crippen LogP) is 5.31. The highest BCUT2D eigenvalue weighted by Gasteiger charge is 2.55. The van der Waals surface area contributed by atoms with Gasteiger partial charge in [0.15, 0.2) is 5.11 Å². The Hall–Kier alpha value is -2.18. The quantitative estimate of drug-likeness (QED) is 0.370. The second-order valence-electron chi connectivity index (χ2n) is 7.54. The number of carbonyl (C=O) groups is 1. The molecule has 2 aliphatic rings. The summed E-state index contributed by atoms with van der Waals surface area (Å²) in [5.41, 5.74) is 3.67. The van der Waals surface area contributed by atoms with Gasteiger partial charge >= 0.3 is 5.97 Å². The van der Waals surface area contributed by atoms with E-state index in [1.54, 1.807) is 0 Å². The number of allylic oxidation sites excluding steroid dienone is 1. The van der Waals surface area contributed by atoms with Crippen molar-refractivity contribution in [1.29, 1.82) is 0 Å². The van der Waals surface area contributed by atoms with Gasteiger partial charge in [0.1, 0.15) is 0 Å². The molecule has 1 aliphatic heterocycles. The summed E-state index contributed by atoms with van der Waals surface area (Å²) in [6.07, 6.45) is 2.32. The van der Waals surface area contributed by atoms with Gasteiger partial charge < -0.3 is 15.4 Å². The summed E-state index contributed by atoms with van der Waals surface area (Å²) in [6, 6.07) is 15.9. The van der Waals surface area contributed by atoms with Gasteiger partial charge in [-0.15, -0.1) is 0 Å². The molecule has 1 saturated carbocycles. The zero-order chi connectivity index (χ0) is 19.7. The highest BCUT2D eigenvalue weighted by atomic mass is 79.9. The van der Waals surface area contributed by atoms with Crippen LogP contribution in [-0.2, 0) is 16.0 Å². The van der Waals surface area contributed by atoms with Gasteiger partial charge in [0.2, 0.25) is 0 Å². The Morgan fingerprint density at radius 2 is 1.75 bits per heavy atom.